The first-order chi connectivity index (χ1) is 10.5. The molecule has 0 saturated carbocycles. The normalized spacial score (nSPS) is 13.1. The van der Waals surface area contributed by atoms with Crippen molar-refractivity contribution in [2.45, 2.75) is 13.3 Å². The van der Waals surface area contributed by atoms with Crippen molar-refractivity contribution in [1.29, 1.82) is 0 Å². The maximum Gasteiger partial charge on any atom is 0.258 e. The number of rotatable bonds is 2. The van der Waals surface area contributed by atoms with Crippen LogP contribution in [0.15, 0.2) is 30.6 Å². The molecule has 0 aliphatic carbocycles. The van der Waals surface area contributed by atoms with Crippen LogP contribution in [0.4, 0.5) is 11.4 Å². The highest BCUT2D eigenvalue weighted by Gasteiger charge is 2.24. The van der Waals surface area contributed by atoms with Crippen molar-refractivity contribution in [3.8, 4) is 0 Å². The first-order valence-electron chi connectivity index (χ1n) is 7.15. The number of carbonyl (C=O) groups excluding carboxylic acids is 2. The van der Waals surface area contributed by atoms with Gasteiger partial charge in [0.25, 0.3) is 5.91 Å². The Balaban J connectivity index is 1.87. The lowest BCUT2D eigenvalue weighted by molar-refractivity contribution is -0.116. The lowest BCUT2D eigenvalue weighted by atomic mass is 10.1. The molecular weight excluding hydrogens is 280 g/mol. The summed E-state index contributed by atoms with van der Waals surface area (Å²) in [6, 6.07) is 5.51. The summed E-state index contributed by atoms with van der Waals surface area (Å²) in [6.07, 6.45) is 4.23. The molecule has 1 aliphatic rings. The van der Waals surface area contributed by atoms with Crippen LogP contribution in [0.3, 0.4) is 0 Å². The van der Waals surface area contributed by atoms with Crippen molar-refractivity contribution in [3.05, 3.63) is 41.7 Å². The van der Waals surface area contributed by atoms with Gasteiger partial charge in [0, 0.05) is 45.0 Å². The number of amides is 2. The Morgan fingerprint density at radius 3 is 2.73 bits per heavy atom. The Labute approximate surface area is 128 Å². The van der Waals surface area contributed by atoms with Gasteiger partial charge in [0.2, 0.25) is 5.91 Å². The Morgan fingerprint density at radius 2 is 2.09 bits per heavy atom. The molecule has 1 aliphatic heterocycles. The predicted molar refractivity (Wildman–Crippen MR) is 84.1 cm³/mol. The molecule has 1 aromatic heterocycles. The van der Waals surface area contributed by atoms with Crippen LogP contribution in [0.25, 0.3) is 0 Å². The van der Waals surface area contributed by atoms with Gasteiger partial charge >= 0.3 is 0 Å². The zero-order valence-electron chi connectivity index (χ0n) is 12.9. The molecule has 2 aromatic rings. The van der Waals surface area contributed by atoms with Gasteiger partial charge < -0.3 is 9.80 Å². The summed E-state index contributed by atoms with van der Waals surface area (Å²) in [5.41, 5.74) is 3.32. The van der Waals surface area contributed by atoms with Gasteiger partial charge in [-0.1, -0.05) is 0 Å². The molecule has 0 N–H and O–H groups in total. The van der Waals surface area contributed by atoms with Crippen LogP contribution in [0.5, 0.6) is 0 Å². The summed E-state index contributed by atoms with van der Waals surface area (Å²) in [6.45, 7) is 2.24. The predicted octanol–water partition coefficient (Wildman–Crippen LogP) is 1.61. The summed E-state index contributed by atoms with van der Waals surface area (Å²) in [7, 11) is 3.54. The largest absolute Gasteiger partial charge is 0.312 e. The van der Waals surface area contributed by atoms with E-state index in [4.69, 9.17) is 0 Å². The van der Waals surface area contributed by atoms with E-state index in [2.05, 4.69) is 5.10 Å². The highest BCUT2D eigenvalue weighted by molar-refractivity contribution is 6.06. The van der Waals surface area contributed by atoms with Crippen molar-refractivity contribution in [2.24, 2.45) is 7.05 Å². The van der Waals surface area contributed by atoms with Crippen molar-refractivity contribution in [2.75, 3.05) is 23.4 Å². The number of hydrogen-bond acceptors (Lipinski definition) is 3. The van der Waals surface area contributed by atoms with Crippen molar-refractivity contribution >= 4 is 23.2 Å². The van der Waals surface area contributed by atoms with Gasteiger partial charge in [0.15, 0.2) is 0 Å². The molecule has 0 bridgehead atoms. The Morgan fingerprint density at radius 1 is 1.32 bits per heavy atom. The third-order valence-corrected chi connectivity index (χ3v) is 3.99. The van der Waals surface area contributed by atoms with E-state index in [-0.39, 0.29) is 11.8 Å². The van der Waals surface area contributed by atoms with Crippen LogP contribution < -0.4 is 9.80 Å². The molecular formula is C16H18N4O2. The van der Waals surface area contributed by atoms with E-state index >= 15 is 0 Å². The summed E-state index contributed by atoms with van der Waals surface area (Å²) in [5.74, 6) is -0.0534. The zero-order valence-corrected chi connectivity index (χ0v) is 12.9. The molecule has 6 heteroatoms. The second kappa shape index (κ2) is 5.29. The molecule has 0 atom stereocenters. The maximum absolute atomic E-state index is 12.6. The first kappa shape index (κ1) is 14.3. The summed E-state index contributed by atoms with van der Waals surface area (Å²) < 4.78 is 1.66. The maximum atomic E-state index is 12.6. The van der Waals surface area contributed by atoms with Crippen LogP contribution >= 0.6 is 0 Å². The molecule has 114 valence electrons. The SMILES string of the molecule is CC(=O)N1CCc2cc(C(=O)N(C)c3cnn(C)c3)ccc21. The standard InChI is InChI=1S/C16H18N4O2/c1-11(21)20-7-6-12-8-13(4-5-15(12)20)16(22)19(3)14-9-17-18(2)10-14/h4-5,8-10H,6-7H2,1-3H3. The Bertz CT molecular complexity index is 750. The van der Waals surface area contributed by atoms with E-state index in [9.17, 15) is 9.59 Å². The number of benzene rings is 1. The smallest absolute Gasteiger partial charge is 0.258 e. The third-order valence-electron chi connectivity index (χ3n) is 3.99. The third kappa shape index (κ3) is 2.36. The van der Waals surface area contributed by atoms with Crippen LogP contribution in [0.2, 0.25) is 0 Å². The number of nitrogens with zero attached hydrogens (tertiary/aromatic N) is 4. The molecule has 2 heterocycles. The first-order valence-corrected chi connectivity index (χ1v) is 7.15. The minimum absolute atomic E-state index is 0.0327. The average molecular weight is 298 g/mol. The van der Waals surface area contributed by atoms with E-state index in [0.29, 0.717) is 12.1 Å². The molecule has 6 nitrogen and oxygen atoms in total. The zero-order chi connectivity index (χ0) is 15.9. The summed E-state index contributed by atoms with van der Waals surface area (Å²) in [4.78, 5) is 27.5. The Hall–Kier alpha value is -2.63. The molecule has 0 saturated heterocycles. The number of carbonyl (C=O) groups is 2. The molecule has 0 unspecified atom stereocenters. The number of aryl methyl sites for hydroxylation is 1. The van der Waals surface area contributed by atoms with Gasteiger partial charge in [0.05, 0.1) is 11.9 Å². The van der Waals surface area contributed by atoms with Crippen LogP contribution in [-0.2, 0) is 18.3 Å². The number of hydrogen-bond donors (Lipinski definition) is 0. The van der Waals surface area contributed by atoms with E-state index in [1.54, 1.807) is 46.9 Å². The van der Waals surface area contributed by atoms with Crippen molar-refractivity contribution in [3.63, 3.8) is 0 Å². The number of fused-ring (bicyclic) bond motifs is 1. The van der Waals surface area contributed by atoms with Crippen molar-refractivity contribution in [1.82, 2.24) is 9.78 Å². The fraction of sp³-hybridized carbons (Fsp3) is 0.312. The van der Waals surface area contributed by atoms with E-state index in [1.807, 2.05) is 19.2 Å². The topological polar surface area (TPSA) is 58.4 Å². The van der Waals surface area contributed by atoms with Gasteiger partial charge in [0.1, 0.15) is 0 Å². The van der Waals surface area contributed by atoms with E-state index in [1.165, 1.54) is 0 Å². The van der Waals surface area contributed by atoms with Crippen LogP contribution in [0, 0.1) is 0 Å². The average Bonchev–Trinajstić information content (AvgIpc) is 3.11. The molecule has 22 heavy (non-hydrogen) atoms. The Kier molecular flexibility index (Phi) is 3.44. The summed E-state index contributed by atoms with van der Waals surface area (Å²) in [5, 5.41) is 4.08. The monoisotopic (exact) mass is 298 g/mol. The van der Waals surface area contributed by atoms with Crippen LogP contribution in [0.1, 0.15) is 22.8 Å². The lowest BCUT2D eigenvalue weighted by Gasteiger charge is -2.17. The van der Waals surface area contributed by atoms with Gasteiger partial charge in [-0.2, -0.15) is 5.10 Å². The molecule has 2 amide bonds. The molecule has 3 rings (SSSR count). The fourth-order valence-electron chi connectivity index (χ4n) is 2.75. The number of anilines is 2. The number of aromatic nitrogens is 2. The fourth-order valence-corrected chi connectivity index (χ4v) is 2.75. The second-order valence-corrected chi connectivity index (χ2v) is 5.50. The lowest BCUT2D eigenvalue weighted by Crippen LogP contribution is -2.26. The van der Waals surface area contributed by atoms with Crippen molar-refractivity contribution < 1.29 is 9.59 Å². The molecule has 1 aromatic carbocycles. The molecule has 0 radical (unpaired) electrons. The quantitative estimate of drug-likeness (QED) is 0.846. The van der Waals surface area contributed by atoms with E-state index < -0.39 is 0 Å². The van der Waals surface area contributed by atoms with Gasteiger partial charge in [-0.25, -0.2) is 0 Å². The highest BCUT2D eigenvalue weighted by Crippen LogP contribution is 2.29. The van der Waals surface area contributed by atoms with Crippen LogP contribution in [-0.4, -0.2) is 35.2 Å². The highest BCUT2D eigenvalue weighted by atomic mass is 16.2. The summed E-state index contributed by atoms with van der Waals surface area (Å²) >= 11 is 0. The molecule has 0 fully saturated rings. The van der Waals surface area contributed by atoms with E-state index in [0.717, 1.165) is 23.4 Å². The second-order valence-electron chi connectivity index (χ2n) is 5.50. The van der Waals surface area contributed by atoms with Gasteiger partial charge in [-0.05, 0) is 30.2 Å². The molecule has 0 spiro atoms. The van der Waals surface area contributed by atoms with Gasteiger partial charge in [-0.15, -0.1) is 0 Å². The van der Waals surface area contributed by atoms with Gasteiger partial charge in [-0.3, -0.25) is 14.3 Å². The minimum Gasteiger partial charge on any atom is -0.312 e. The minimum atomic E-state index is -0.0860.